The van der Waals surface area contributed by atoms with E-state index in [4.69, 9.17) is 9.72 Å². The first kappa shape index (κ1) is 21.2. The van der Waals surface area contributed by atoms with Gasteiger partial charge in [-0.3, -0.25) is 14.6 Å². The molecule has 168 valence electrons. The molecule has 2 aliphatic rings. The Balaban J connectivity index is 1.49. The number of esters is 1. The molecule has 32 heavy (non-hydrogen) atoms. The van der Waals surface area contributed by atoms with Gasteiger partial charge in [-0.2, -0.15) is 0 Å². The Kier molecular flexibility index (Phi) is 5.51. The molecule has 7 nitrogen and oxygen atoms in total. The normalized spacial score (nSPS) is 21.9. The van der Waals surface area contributed by atoms with Gasteiger partial charge in [-0.1, -0.05) is 26.0 Å². The summed E-state index contributed by atoms with van der Waals surface area (Å²) >= 11 is 1.59. The predicted octanol–water partition coefficient (Wildman–Crippen LogP) is 3.78. The molecule has 4 heterocycles. The number of rotatable bonds is 0. The van der Waals surface area contributed by atoms with E-state index in [2.05, 4.69) is 59.7 Å². The van der Waals surface area contributed by atoms with Gasteiger partial charge >= 0.3 is 5.97 Å². The monoisotopic (exact) mass is 452 g/mol. The molecule has 1 amide bonds. The molecule has 0 spiro atoms. The number of aryl methyl sites for hydroxylation is 1. The standard InChI is InChI=1S/C24H28N4O3S/c1-24(2)14-27-11-9-16-5-6-17(12-20(16)27)19-13-32-21(25-19)7-8-22(29)28-10-3-4-18(26-28)23(30)31-15-24/h5-6,9,11-13,18,26H,3-4,7-8,10,14-15H2,1-2H3. The van der Waals surface area contributed by atoms with Gasteiger partial charge in [0.1, 0.15) is 6.04 Å². The molecule has 5 rings (SSSR count). The number of cyclic esters (lactones) is 1. The Bertz CT molecular complexity index is 1170. The first-order valence-electron chi connectivity index (χ1n) is 11.1. The van der Waals surface area contributed by atoms with Crippen LogP contribution in [0.1, 0.15) is 38.1 Å². The van der Waals surface area contributed by atoms with Gasteiger partial charge in [0, 0.05) is 54.0 Å². The van der Waals surface area contributed by atoms with Gasteiger partial charge in [-0.05, 0) is 30.4 Å². The third-order valence-electron chi connectivity index (χ3n) is 6.15. The largest absolute Gasteiger partial charge is 0.464 e. The zero-order chi connectivity index (χ0) is 22.3. The molecule has 1 saturated heterocycles. The average molecular weight is 453 g/mol. The van der Waals surface area contributed by atoms with Crippen molar-refractivity contribution in [2.24, 2.45) is 5.41 Å². The molecule has 6 bridgehead atoms. The lowest BCUT2D eigenvalue weighted by molar-refractivity contribution is -0.154. The SMILES string of the molecule is CC1(C)COC(=O)C2CCCN(N2)C(=O)CCc2nc(cs2)-c2ccc3ccn(c3c2)C1. The van der Waals surface area contributed by atoms with Crippen molar-refractivity contribution in [1.82, 2.24) is 20.0 Å². The fraction of sp³-hybridized carbons (Fsp3) is 0.458. The molecule has 8 heteroatoms. The molecule has 1 fully saturated rings. The van der Waals surface area contributed by atoms with Crippen molar-refractivity contribution in [2.75, 3.05) is 13.2 Å². The second kappa shape index (κ2) is 8.33. The van der Waals surface area contributed by atoms with Gasteiger partial charge in [0.25, 0.3) is 0 Å². The quantitative estimate of drug-likeness (QED) is 0.526. The molecule has 1 aromatic carbocycles. The van der Waals surface area contributed by atoms with Crippen LogP contribution in [0.4, 0.5) is 0 Å². The third kappa shape index (κ3) is 4.29. The zero-order valence-electron chi connectivity index (χ0n) is 18.5. The van der Waals surface area contributed by atoms with Gasteiger partial charge in [0.05, 0.1) is 17.3 Å². The van der Waals surface area contributed by atoms with E-state index in [0.717, 1.165) is 34.7 Å². The smallest absolute Gasteiger partial charge is 0.324 e. The van der Waals surface area contributed by atoms with Gasteiger partial charge in [-0.15, -0.1) is 11.3 Å². The maximum absolute atomic E-state index is 12.7. The third-order valence-corrected chi connectivity index (χ3v) is 7.06. The van der Waals surface area contributed by atoms with E-state index in [0.29, 0.717) is 32.4 Å². The highest BCUT2D eigenvalue weighted by atomic mass is 32.1. The summed E-state index contributed by atoms with van der Waals surface area (Å²) in [7, 11) is 0. The lowest BCUT2D eigenvalue weighted by atomic mass is 9.94. The number of carbonyl (C=O) groups excluding carboxylic acids is 2. The van der Waals surface area contributed by atoms with Crippen molar-refractivity contribution in [2.45, 2.75) is 52.1 Å². The first-order chi connectivity index (χ1) is 15.4. The van der Waals surface area contributed by atoms with Crippen LogP contribution in [0.2, 0.25) is 0 Å². The molecule has 2 aliphatic heterocycles. The molecule has 0 saturated carbocycles. The van der Waals surface area contributed by atoms with Crippen LogP contribution in [0.5, 0.6) is 0 Å². The van der Waals surface area contributed by atoms with Crippen molar-refractivity contribution < 1.29 is 14.3 Å². The second-order valence-electron chi connectivity index (χ2n) is 9.48. The molecular weight excluding hydrogens is 424 g/mol. The Labute approximate surface area is 191 Å². The van der Waals surface area contributed by atoms with Gasteiger partial charge < -0.3 is 9.30 Å². The summed E-state index contributed by atoms with van der Waals surface area (Å²) in [5.74, 6) is -0.305. The van der Waals surface area contributed by atoms with Crippen LogP contribution in [0.15, 0.2) is 35.8 Å². The number of nitrogens with zero attached hydrogens (tertiary/aromatic N) is 3. The topological polar surface area (TPSA) is 76.5 Å². The highest BCUT2D eigenvalue weighted by Crippen LogP contribution is 2.29. The number of hydrogen-bond donors (Lipinski definition) is 1. The first-order valence-corrected chi connectivity index (χ1v) is 12.0. The minimum absolute atomic E-state index is 0.0139. The molecular formula is C24H28N4O3S. The van der Waals surface area contributed by atoms with E-state index in [9.17, 15) is 9.59 Å². The maximum Gasteiger partial charge on any atom is 0.324 e. The Morgan fingerprint density at radius 1 is 1.22 bits per heavy atom. The highest BCUT2D eigenvalue weighted by Gasteiger charge is 2.31. The summed E-state index contributed by atoms with van der Waals surface area (Å²) in [6, 6.07) is 8.02. The Morgan fingerprint density at radius 3 is 2.97 bits per heavy atom. The van der Waals surface area contributed by atoms with Gasteiger partial charge in [0.15, 0.2) is 0 Å². The fourth-order valence-electron chi connectivity index (χ4n) is 4.40. The number of amides is 1. The van der Waals surface area contributed by atoms with Crippen LogP contribution in [0.3, 0.4) is 0 Å². The maximum atomic E-state index is 12.7. The summed E-state index contributed by atoms with van der Waals surface area (Å²) in [6.45, 7) is 5.84. The predicted molar refractivity (Wildman–Crippen MR) is 124 cm³/mol. The number of nitrogens with one attached hydrogen (secondary N) is 1. The number of ether oxygens (including phenoxy) is 1. The molecule has 0 radical (unpaired) electrons. The van der Waals surface area contributed by atoms with Crippen molar-refractivity contribution in [3.8, 4) is 11.3 Å². The van der Waals surface area contributed by atoms with E-state index in [1.165, 1.54) is 5.39 Å². The van der Waals surface area contributed by atoms with Crippen LogP contribution in [-0.2, 0) is 27.3 Å². The van der Waals surface area contributed by atoms with E-state index in [1.807, 2.05) is 0 Å². The fourth-order valence-corrected chi connectivity index (χ4v) is 5.21. The summed E-state index contributed by atoms with van der Waals surface area (Å²) in [5.41, 5.74) is 5.99. The Morgan fingerprint density at radius 2 is 2.09 bits per heavy atom. The lowest BCUT2D eigenvalue weighted by Gasteiger charge is -2.33. The lowest BCUT2D eigenvalue weighted by Crippen LogP contribution is -2.55. The van der Waals surface area contributed by atoms with Gasteiger partial charge in [-0.25, -0.2) is 10.4 Å². The van der Waals surface area contributed by atoms with E-state index in [1.54, 1.807) is 16.3 Å². The highest BCUT2D eigenvalue weighted by molar-refractivity contribution is 7.09. The molecule has 1 atom stereocenters. The van der Waals surface area contributed by atoms with Gasteiger partial charge in [0.2, 0.25) is 5.91 Å². The average Bonchev–Trinajstić information content (AvgIpc) is 3.42. The number of hydrogen-bond acceptors (Lipinski definition) is 6. The van der Waals surface area contributed by atoms with E-state index in [-0.39, 0.29) is 17.3 Å². The number of thiazole rings is 1. The van der Waals surface area contributed by atoms with Crippen LogP contribution >= 0.6 is 11.3 Å². The molecule has 1 N–H and O–H groups in total. The molecule has 2 aromatic heterocycles. The minimum atomic E-state index is -0.483. The summed E-state index contributed by atoms with van der Waals surface area (Å²) < 4.78 is 7.94. The van der Waals surface area contributed by atoms with Crippen molar-refractivity contribution >= 4 is 34.1 Å². The summed E-state index contributed by atoms with van der Waals surface area (Å²) in [5, 5.41) is 5.76. The number of hydrazine groups is 1. The number of fused-ring (bicyclic) bond motifs is 6. The van der Waals surface area contributed by atoms with Crippen molar-refractivity contribution in [3.63, 3.8) is 0 Å². The van der Waals surface area contributed by atoms with E-state index < -0.39 is 6.04 Å². The minimum Gasteiger partial charge on any atom is -0.464 e. The summed E-state index contributed by atoms with van der Waals surface area (Å²) in [6.07, 6.45) is 4.48. The zero-order valence-corrected chi connectivity index (χ0v) is 19.3. The van der Waals surface area contributed by atoms with Crippen LogP contribution in [0.25, 0.3) is 22.2 Å². The number of carbonyl (C=O) groups is 2. The van der Waals surface area contributed by atoms with Crippen LogP contribution in [0, 0.1) is 5.41 Å². The van der Waals surface area contributed by atoms with Crippen molar-refractivity contribution in [1.29, 1.82) is 0 Å². The second-order valence-corrected chi connectivity index (χ2v) is 10.4. The summed E-state index contributed by atoms with van der Waals surface area (Å²) in [4.78, 5) is 30.3. The number of aromatic nitrogens is 2. The van der Waals surface area contributed by atoms with Crippen LogP contribution < -0.4 is 5.43 Å². The van der Waals surface area contributed by atoms with Crippen molar-refractivity contribution in [3.05, 3.63) is 40.8 Å². The number of benzene rings is 1. The van der Waals surface area contributed by atoms with Crippen LogP contribution in [-0.4, -0.2) is 45.6 Å². The molecule has 3 aromatic rings. The molecule has 1 unspecified atom stereocenters. The molecule has 0 aliphatic carbocycles. The van der Waals surface area contributed by atoms with E-state index >= 15 is 0 Å². The Hall–Kier alpha value is -2.71.